The maximum Gasteiger partial charge on any atom is 0.226 e. The minimum absolute atomic E-state index is 0.607. The Balaban J connectivity index is 1.94. The molecule has 84 valence electrons. The number of nitrogens with zero attached hydrogens (tertiary/aromatic N) is 3. The molecule has 0 saturated heterocycles. The van der Waals surface area contributed by atoms with E-state index < -0.39 is 0 Å². The largest absolute Gasteiger partial charge is 0.369 e. The number of hydrogen-bond acceptors (Lipinski definition) is 5. The van der Waals surface area contributed by atoms with Crippen molar-refractivity contribution in [3.8, 4) is 0 Å². The topological polar surface area (TPSA) is 78.5 Å². The number of aromatic nitrogens is 4. The molecule has 0 amide bonds. The number of anilines is 2. The molecule has 2 heterocycles. The normalized spacial score (nSPS) is 15.3. The fourth-order valence-corrected chi connectivity index (χ4v) is 1.64. The zero-order chi connectivity index (χ0) is 11.0. The first-order valence-corrected chi connectivity index (χ1v) is 5.49. The van der Waals surface area contributed by atoms with Gasteiger partial charge in [0.05, 0.1) is 11.6 Å². The molecule has 1 saturated carbocycles. The van der Waals surface area contributed by atoms with Crippen molar-refractivity contribution in [3.05, 3.63) is 6.20 Å². The number of nitrogens with one attached hydrogen (secondary N) is 3. The van der Waals surface area contributed by atoms with Crippen LogP contribution >= 0.6 is 0 Å². The lowest BCUT2D eigenvalue weighted by Crippen LogP contribution is -2.07. The van der Waals surface area contributed by atoms with Crippen molar-refractivity contribution in [2.24, 2.45) is 5.92 Å². The Morgan fingerprint density at radius 3 is 3.06 bits per heavy atom. The molecule has 0 atom stereocenters. The number of H-pyrrole nitrogens is 1. The maximum atomic E-state index is 4.40. The van der Waals surface area contributed by atoms with Crippen LogP contribution in [-0.4, -0.2) is 33.8 Å². The summed E-state index contributed by atoms with van der Waals surface area (Å²) < 4.78 is 0. The van der Waals surface area contributed by atoms with Gasteiger partial charge in [-0.05, 0) is 18.8 Å². The van der Waals surface area contributed by atoms with Gasteiger partial charge in [-0.25, -0.2) is 0 Å². The van der Waals surface area contributed by atoms with Gasteiger partial charge >= 0.3 is 0 Å². The Hall–Kier alpha value is -1.85. The van der Waals surface area contributed by atoms with E-state index in [4.69, 9.17) is 0 Å². The third-order valence-corrected chi connectivity index (χ3v) is 2.79. The lowest BCUT2D eigenvalue weighted by Gasteiger charge is -2.07. The van der Waals surface area contributed by atoms with Crippen molar-refractivity contribution in [2.45, 2.75) is 12.8 Å². The summed E-state index contributed by atoms with van der Waals surface area (Å²) in [6.07, 6.45) is 4.40. The van der Waals surface area contributed by atoms with Gasteiger partial charge in [0.15, 0.2) is 5.65 Å². The van der Waals surface area contributed by atoms with E-state index in [1.165, 1.54) is 12.8 Å². The van der Waals surface area contributed by atoms with Gasteiger partial charge in [0.1, 0.15) is 5.82 Å². The quantitative estimate of drug-likeness (QED) is 0.719. The summed E-state index contributed by atoms with van der Waals surface area (Å²) >= 11 is 0. The minimum atomic E-state index is 0.607. The van der Waals surface area contributed by atoms with Crippen LogP contribution in [0.2, 0.25) is 0 Å². The molecule has 2 aromatic heterocycles. The van der Waals surface area contributed by atoms with E-state index in [2.05, 4.69) is 30.8 Å². The molecule has 0 aromatic carbocycles. The predicted octanol–water partition coefficient (Wildman–Crippen LogP) is 1.22. The highest BCUT2D eigenvalue weighted by Gasteiger charge is 2.21. The molecule has 0 spiro atoms. The molecule has 3 N–H and O–H groups in total. The van der Waals surface area contributed by atoms with Crippen LogP contribution in [0.1, 0.15) is 12.8 Å². The first kappa shape index (κ1) is 9.38. The van der Waals surface area contributed by atoms with Gasteiger partial charge in [-0.2, -0.15) is 15.1 Å². The van der Waals surface area contributed by atoms with Crippen LogP contribution in [-0.2, 0) is 0 Å². The molecule has 3 rings (SSSR count). The molecule has 1 aliphatic rings. The summed E-state index contributed by atoms with van der Waals surface area (Å²) in [6, 6.07) is 0. The summed E-state index contributed by atoms with van der Waals surface area (Å²) in [4.78, 5) is 8.67. The van der Waals surface area contributed by atoms with Crippen LogP contribution < -0.4 is 10.6 Å². The molecule has 0 unspecified atom stereocenters. The molecule has 2 aromatic rings. The van der Waals surface area contributed by atoms with Crippen LogP contribution in [0.25, 0.3) is 11.0 Å². The SMILES string of the molecule is CNc1nc(NCC2CC2)c2cn[nH]c2n1. The van der Waals surface area contributed by atoms with Gasteiger partial charge in [0.2, 0.25) is 5.95 Å². The summed E-state index contributed by atoms with van der Waals surface area (Å²) in [5, 5.41) is 14.1. The van der Waals surface area contributed by atoms with Gasteiger partial charge < -0.3 is 10.6 Å². The van der Waals surface area contributed by atoms with Crippen molar-refractivity contribution >= 4 is 22.8 Å². The fraction of sp³-hybridized carbons (Fsp3) is 0.500. The van der Waals surface area contributed by atoms with E-state index in [1.54, 1.807) is 6.20 Å². The molecule has 16 heavy (non-hydrogen) atoms. The second-order valence-electron chi connectivity index (χ2n) is 4.10. The van der Waals surface area contributed by atoms with Crippen LogP contribution in [0.4, 0.5) is 11.8 Å². The van der Waals surface area contributed by atoms with Crippen LogP contribution in [0.5, 0.6) is 0 Å². The molecular formula is C10H14N6. The average Bonchev–Trinajstić information content (AvgIpc) is 3.02. The van der Waals surface area contributed by atoms with E-state index in [1.807, 2.05) is 7.05 Å². The molecule has 0 bridgehead atoms. The lowest BCUT2D eigenvalue weighted by atomic mass is 10.3. The highest BCUT2D eigenvalue weighted by atomic mass is 15.2. The van der Waals surface area contributed by atoms with E-state index in [0.29, 0.717) is 5.95 Å². The molecule has 0 radical (unpaired) electrons. The smallest absolute Gasteiger partial charge is 0.226 e. The zero-order valence-electron chi connectivity index (χ0n) is 9.12. The first-order chi connectivity index (χ1) is 7.86. The Bertz CT molecular complexity index is 501. The highest BCUT2D eigenvalue weighted by molar-refractivity contribution is 5.86. The van der Waals surface area contributed by atoms with E-state index in [9.17, 15) is 0 Å². The van der Waals surface area contributed by atoms with Gasteiger partial charge in [0, 0.05) is 13.6 Å². The van der Waals surface area contributed by atoms with Crippen molar-refractivity contribution in [1.29, 1.82) is 0 Å². The van der Waals surface area contributed by atoms with Crippen molar-refractivity contribution in [1.82, 2.24) is 20.2 Å². The zero-order valence-corrected chi connectivity index (χ0v) is 9.12. The van der Waals surface area contributed by atoms with Gasteiger partial charge in [-0.15, -0.1) is 0 Å². The van der Waals surface area contributed by atoms with Crippen LogP contribution in [0.3, 0.4) is 0 Å². The highest BCUT2D eigenvalue weighted by Crippen LogP contribution is 2.29. The number of rotatable bonds is 4. The summed E-state index contributed by atoms with van der Waals surface area (Å²) in [5.74, 6) is 2.28. The van der Waals surface area contributed by atoms with Gasteiger partial charge in [0.25, 0.3) is 0 Å². The third-order valence-electron chi connectivity index (χ3n) is 2.79. The molecule has 6 nitrogen and oxygen atoms in total. The second kappa shape index (κ2) is 3.62. The Labute approximate surface area is 92.9 Å². The van der Waals surface area contributed by atoms with Gasteiger partial charge in [-0.1, -0.05) is 0 Å². The number of aromatic amines is 1. The maximum absolute atomic E-state index is 4.40. The molecule has 0 aliphatic heterocycles. The standard InChI is InChI=1S/C10H14N6/c1-11-10-14-8(12-4-6-2-3-6)7-5-13-16-9(7)15-10/h5-6H,2-4H2,1H3,(H3,11,12,13,14,15,16). The molecule has 1 fully saturated rings. The van der Waals surface area contributed by atoms with Crippen molar-refractivity contribution < 1.29 is 0 Å². The van der Waals surface area contributed by atoms with Crippen LogP contribution in [0.15, 0.2) is 6.20 Å². The number of fused-ring (bicyclic) bond motifs is 1. The predicted molar refractivity (Wildman–Crippen MR) is 62.4 cm³/mol. The first-order valence-electron chi connectivity index (χ1n) is 5.49. The summed E-state index contributed by atoms with van der Waals surface area (Å²) in [7, 11) is 1.81. The monoisotopic (exact) mass is 218 g/mol. The number of hydrogen-bond donors (Lipinski definition) is 3. The Morgan fingerprint density at radius 1 is 1.44 bits per heavy atom. The molecule has 6 heteroatoms. The lowest BCUT2D eigenvalue weighted by molar-refractivity contribution is 0.884. The summed E-state index contributed by atoms with van der Waals surface area (Å²) in [6.45, 7) is 0.987. The van der Waals surface area contributed by atoms with E-state index >= 15 is 0 Å². The van der Waals surface area contributed by atoms with Gasteiger partial charge in [-0.3, -0.25) is 5.10 Å². The minimum Gasteiger partial charge on any atom is -0.369 e. The fourth-order valence-electron chi connectivity index (χ4n) is 1.64. The third kappa shape index (κ3) is 1.66. The van der Waals surface area contributed by atoms with Crippen molar-refractivity contribution in [2.75, 3.05) is 24.2 Å². The van der Waals surface area contributed by atoms with E-state index in [-0.39, 0.29) is 0 Å². The average molecular weight is 218 g/mol. The molecular weight excluding hydrogens is 204 g/mol. The van der Waals surface area contributed by atoms with E-state index in [0.717, 1.165) is 29.3 Å². The molecule has 1 aliphatic carbocycles. The Morgan fingerprint density at radius 2 is 2.31 bits per heavy atom. The van der Waals surface area contributed by atoms with Crippen molar-refractivity contribution in [3.63, 3.8) is 0 Å². The summed E-state index contributed by atoms with van der Waals surface area (Å²) in [5.41, 5.74) is 0.762. The van der Waals surface area contributed by atoms with Crippen LogP contribution in [0, 0.1) is 5.92 Å². The Kier molecular flexibility index (Phi) is 2.12. The second-order valence-corrected chi connectivity index (χ2v) is 4.10.